The van der Waals surface area contributed by atoms with Crippen LogP contribution in [0, 0.1) is 0 Å². The lowest BCUT2D eigenvalue weighted by molar-refractivity contribution is -0.274. The summed E-state index contributed by atoms with van der Waals surface area (Å²) in [5.74, 6) is 1.20. The summed E-state index contributed by atoms with van der Waals surface area (Å²) >= 11 is 1.71. The predicted molar refractivity (Wildman–Crippen MR) is 149 cm³/mol. The molecule has 3 aromatic carbocycles. The molecular weight excluding hydrogens is 525 g/mol. The largest absolute Gasteiger partial charge is 0.573 e. The van der Waals surface area contributed by atoms with Gasteiger partial charge in [0.05, 0.1) is 11.9 Å². The van der Waals surface area contributed by atoms with Crippen molar-refractivity contribution < 1.29 is 17.9 Å². The first-order valence-electron chi connectivity index (χ1n) is 12.4. The average molecular weight is 551 g/mol. The zero-order valence-corrected chi connectivity index (χ0v) is 21.9. The fraction of sp³-hybridized carbons (Fsp3) is 0.214. The van der Waals surface area contributed by atoms with Crippen LogP contribution in [-0.2, 0) is 6.42 Å². The number of rotatable bonds is 7. The molecule has 0 unspecified atom stereocenters. The van der Waals surface area contributed by atoms with Crippen molar-refractivity contribution in [3.8, 4) is 22.8 Å². The summed E-state index contributed by atoms with van der Waals surface area (Å²) < 4.78 is 42.5. The van der Waals surface area contributed by atoms with Gasteiger partial charge in [-0.25, -0.2) is 9.67 Å². The lowest BCUT2D eigenvalue weighted by atomic mass is 10.1. The van der Waals surface area contributed by atoms with E-state index in [2.05, 4.69) is 61.1 Å². The molecule has 11 heteroatoms. The minimum atomic E-state index is -4.73. The summed E-state index contributed by atoms with van der Waals surface area (Å²) in [6.45, 7) is 3.07. The number of thioether (sulfide) groups is 1. The van der Waals surface area contributed by atoms with Crippen LogP contribution in [0.15, 0.2) is 89.3 Å². The van der Waals surface area contributed by atoms with Gasteiger partial charge in [0, 0.05) is 23.5 Å². The van der Waals surface area contributed by atoms with Gasteiger partial charge in [0.2, 0.25) is 0 Å². The Hall–Kier alpha value is -4.12. The van der Waals surface area contributed by atoms with Crippen molar-refractivity contribution in [3.05, 3.63) is 90.3 Å². The second kappa shape index (κ2) is 11.7. The number of hydrogen-bond acceptors (Lipinski definition) is 6. The molecule has 7 nitrogen and oxygen atoms in total. The number of nitrogens with zero attached hydrogens (tertiary/aromatic N) is 6. The molecule has 0 N–H and O–H groups in total. The summed E-state index contributed by atoms with van der Waals surface area (Å²) in [6.07, 6.45) is 0.532. The van der Waals surface area contributed by atoms with Gasteiger partial charge in [-0.15, -0.1) is 23.4 Å². The first kappa shape index (κ1) is 26.5. The number of para-hydroxylation sites is 1. The Morgan fingerprint density at radius 2 is 1.79 bits per heavy atom. The molecule has 0 amide bonds. The van der Waals surface area contributed by atoms with Crippen LogP contribution in [0.1, 0.15) is 24.5 Å². The topological polar surface area (TPSA) is 67.9 Å². The van der Waals surface area contributed by atoms with Crippen molar-refractivity contribution in [3.63, 3.8) is 0 Å². The molecule has 0 spiro atoms. The van der Waals surface area contributed by atoms with E-state index >= 15 is 0 Å². The summed E-state index contributed by atoms with van der Waals surface area (Å²) in [7, 11) is 0. The van der Waals surface area contributed by atoms with Crippen molar-refractivity contribution in [2.24, 2.45) is 10.2 Å². The Kier molecular flexibility index (Phi) is 7.97. The fourth-order valence-corrected chi connectivity index (χ4v) is 5.03. The molecule has 39 heavy (non-hydrogen) atoms. The van der Waals surface area contributed by atoms with Gasteiger partial charge < -0.3 is 9.64 Å². The Balaban J connectivity index is 1.26. The highest BCUT2D eigenvalue weighted by molar-refractivity contribution is 8.14. The molecule has 1 aromatic heterocycles. The van der Waals surface area contributed by atoms with E-state index in [4.69, 9.17) is 0 Å². The van der Waals surface area contributed by atoms with Crippen molar-refractivity contribution in [1.29, 1.82) is 0 Å². The van der Waals surface area contributed by atoms with Crippen molar-refractivity contribution in [2.75, 3.05) is 17.2 Å². The first-order chi connectivity index (χ1) is 18.9. The van der Waals surface area contributed by atoms with Crippen LogP contribution >= 0.6 is 11.8 Å². The van der Waals surface area contributed by atoms with E-state index in [9.17, 15) is 13.2 Å². The SMILES string of the molecule is CCc1ccccc1N1CCCS/C1=N\N=C\c1ccc(-c2ncn(-c3ccc(OC(F)(F)F)cc3)n2)cc1. The number of ether oxygens (including phenoxy) is 1. The van der Waals surface area contributed by atoms with Gasteiger partial charge >= 0.3 is 6.36 Å². The fourth-order valence-electron chi connectivity index (χ4n) is 4.12. The minimum absolute atomic E-state index is 0.297. The number of anilines is 1. The van der Waals surface area contributed by atoms with Crippen molar-refractivity contribution in [2.45, 2.75) is 26.1 Å². The van der Waals surface area contributed by atoms with Crippen molar-refractivity contribution >= 4 is 28.8 Å². The zero-order valence-electron chi connectivity index (χ0n) is 21.0. The third-order valence-corrected chi connectivity index (χ3v) is 7.05. The molecule has 200 valence electrons. The molecule has 0 bridgehead atoms. The highest BCUT2D eigenvalue weighted by atomic mass is 32.2. The maximum Gasteiger partial charge on any atom is 0.573 e. The van der Waals surface area contributed by atoms with Gasteiger partial charge in [-0.1, -0.05) is 61.2 Å². The van der Waals surface area contributed by atoms with Crippen LogP contribution in [0.25, 0.3) is 17.1 Å². The van der Waals surface area contributed by atoms with Gasteiger partial charge in [0.15, 0.2) is 11.0 Å². The van der Waals surface area contributed by atoms with E-state index in [0.29, 0.717) is 11.5 Å². The Morgan fingerprint density at radius 3 is 2.54 bits per heavy atom. The van der Waals surface area contributed by atoms with Gasteiger partial charge in [-0.2, -0.15) is 5.10 Å². The van der Waals surface area contributed by atoms with Gasteiger partial charge in [-0.05, 0) is 54.3 Å². The molecule has 0 radical (unpaired) electrons. The molecule has 1 aliphatic heterocycles. The van der Waals surface area contributed by atoms with Crippen LogP contribution in [0.5, 0.6) is 5.75 Å². The number of alkyl halides is 3. The molecule has 0 aliphatic carbocycles. The second-order valence-electron chi connectivity index (χ2n) is 8.64. The smallest absolute Gasteiger partial charge is 0.406 e. The van der Waals surface area contributed by atoms with E-state index in [0.717, 1.165) is 41.4 Å². The molecule has 5 rings (SSSR count). The quantitative estimate of drug-likeness (QED) is 0.189. The molecule has 1 aliphatic rings. The summed E-state index contributed by atoms with van der Waals surface area (Å²) in [5, 5.41) is 14.2. The number of aromatic nitrogens is 3. The molecule has 4 aromatic rings. The third-order valence-electron chi connectivity index (χ3n) is 6.00. The van der Waals surface area contributed by atoms with E-state index in [1.54, 1.807) is 18.0 Å². The summed E-state index contributed by atoms with van der Waals surface area (Å²) in [4.78, 5) is 6.57. The van der Waals surface area contributed by atoms with Crippen LogP contribution in [0.2, 0.25) is 0 Å². The summed E-state index contributed by atoms with van der Waals surface area (Å²) in [6, 6.07) is 21.4. The number of halogens is 3. The molecule has 1 saturated heterocycles. The van der Waals surface area contributed by atoms with E-state index in [1.165, 1.54) is 46.5 Å². The highest BCUT2D eigenvalue weighted by Gasteiger charge is 2.31. The number of aryl methyl sites for hydroxylation is 1. The van der Waals surface area contributed by atoms with E-state index in [1.807, 2.05) is 24.3 Å². The summed E-state index contributed by atoms with van der Waals surface area (Å²) in [5.41, 5.74) is 4.70. The average Bonchev–Trinajstić information content (AvgIpc) is 3.44. The van der Waals surface area contributed by atoms with Crippen molar-refractivity contribution in [1.82, 2.24) is 14.8 Å². The van der Waals surface area contributed by atoms with Crippen LogP contribution in [-0.4, -0.2) is 44.8 Å². The molecule has 0 atom stereocenters. The number of hydrogen-bond donors (Lipinski definition) is 0. The van der Waals surface area contributed by atoms with Gasteiger partial charge in [0.1, 0.15) is 12.1 Å². The molecule has 0 saturated carbocycles. The normalized spacial score (nSPS) is 15.3. The standard InChI is InChI=1S/C28H25F3N6OS/c1-2-21-6-3-4-7-25(21)36-16-5-17-39-27(36)34-33-18-20-8-10-22(11-9-20)26-32-19-37(35-26)23-12-14-24(15-13-23)38-28(29,30)31/h3-4,6-15,18-19H,2,5,16-17H2,1H3/b33-18+,34-27-. The van der Waals surface area contributed by atoms with Gasteiger partial charge in [-0.3, -0.25) is 0 Å². The Labute approximate surface area is 228 Å². The zero-order chi connectivity index (χ0) is 27.2. The lowest BCUT2D eigenvalue weighted by Gasteiger charge is -2.30. The first-order valence-corrected chi connectivity index (χ1v) is 13.4. The Morgan fingerprint density at radius 1 is 1.03 bits per heavy atom. The predicted octanol–water partition coefficient (Wildman–Crippen LogP) is 6.73. The van der Waals surface area contributed by atoms with Crippen LogP contribution < -0.4 is 9.64 Å². The monoisotopic (exact) mass is 550 g/mol. The highest BCUT2D eigenvalue weighted by Crippen LogP contribution is 2.28. The van der Waals surface area contributed by atoms with Gasteiger partial charge in [0.25, 0.3) is 0 Å². The maximum atomic E-state index is 12.4. The van der Waals surface area contributed by atoms with E-state index in [-0.39, 0.29) is 5.75 Å². The lowest BCUT2D eigenvalue weighted by Crippen LogP contribution is -2.34. The van der Waals surface area contributed by atoms with Crippen LogP contribution in [0.3, 0.4) is 0 Å². The second-order valence-corrected chi connectivity index (χ2v) is 9.70. The minimum Gasteiger partial charge on any atom is -0.406 e. The third kappa shape index (κ3) is 6.66. The molecular formula is C28H25F3N6OS. The molecule has 1 fully saturated rings. The Bertz CT molecular complexity index is 1470. The number of benzene rings is 3. The van der Waals surface area contributed by atoms with E-state index < -0.39 is 6.36 Å². The van der Waals surface area contributed by atoms with Crippen LogP contribution in [0.4, 0.5) is 18.9 Å². The molecule has 2 heterocycles. The number of amidine groups is 1. The maximum absolute atomic E-state index is 12.4.